The second-order valence-electron chi connectivity index (χ2n) is 6.19. The molecule has 0 aliphatic carbocycles. The number of carbonyl (C=O) groups excluding carboxylic acids is 1. The number of amides is 1. The van der Waals surface area contributed by atoms with Gasteiger partial charge >= 0.3 is 0 Å². The third kappa shape index (κ3) is 3.22. The highest BCUT2D eigenvalue weighted by molar-refractivity contribution is 9.10. The number of aryl methyl sites for hydroxylation is 1. The van der Waals surface area contributed by atoms with Crippen LogP contribution in [0.3, 0.4) is 0 Å². The molecule has 3 N–H and O–H groups in total. The molecular weight excluding hydrogens is 394 g/mol. The molecule has 0 saturated carbocycles. The van der Waals surface area contributed by atoms with Crippen LogP contribution in [-0.4, -0.2) is 29.0 Å². The van der Waals surface area contributed by atoms with Crippen molar-refractivity contribution in [3.63, 3.8) is 0 Å². The van der Waals surface area contributed by atoms with E-state index in [1.165, 1.54) is 0 Å². The Kier molecular flexibility index (Phi) is 4.46. The minimum atomic E-state index is -0.396. The Morgan fingerprint density at radius 1 is 1.19 bits per heavy atom. The normalized spacial score (nSPS) is 16.5. The molecule has 3 aromatic rings. The van der Waals surface area contributed by atoms with Crippen LogP contribution in [0.15, 0.2) is 46.9 Å². The lowest BCUT2D eigenvalue weighted by Crippen LogP contribution is -2.34. The van der Waals surface area contributed by atoms with E-state index in [0.29, 0.717) is 12.4 Å². The first kappa shape index (κ1) is 16.8. The highest BCUT2D eigenvalue weighted by Crippen LogP contribution is 2.27. The topological polar surface area (TPSA) is 78.9 Å². The lowest BCUT2D eigenvalue weighted by Gasteiger charge is -2.16. The van der Waals surface area contributed by atoms with Crippen LogP contribution in [-0.2, 0) is 11.2 Å². The van der Waals surface area contributed by atoms with Crippen molar-refractivity contribution in [3.05, 3.63) is 52.5 Å². The van der Waals surface area contributed by atoms with Crippen LogP contribution < -0.4 is 16.0 Å². The van der Waals surface area contributed by atoms with Crippen LogP contribution in [0.5, 0.6) is 0 Å². The van der Waals surface area contributed by atoms with Crippen molar-refractivity contribution in [2.75, 3.05) is 23.0 Å². The molecule has 2 aromatic carbocycles. The molecule has 1 amide bonds. The van der Waals surface area contributed by atoms with Crippen molar-refractivity contribution in [1.29, 1.82) is 0 Å². The molecule has 1 atom stereocenters. The Morgan fingerprint density at radius 2 is 2.04 bits per heavy atom. The van der Waals surface area contributed by atoms with E-state index in [9.17, 15) is 4.79 Å². The lowest BCUT2D eigenvalue weighted by molar-refractivity contribution is -0.116. The third-order valence-corrected chi connectivity index (χ3v) is 4.98. The quantitative estimate of drug-likeness (QED) is 0.610. The minimum Gasteiger partial charge on any atom is -0.372 e. The zero-order chi connectivity index (χ0) is 18.1. The molecule has 1 aliphatic heterocycles. The Labute approximate surface area is 159 Å². The van der Waals surface area contributed by atoms with Crippen LogP contribution >= 0.6 is 15.9 Å². The molecule has 1 aliphatic rings. The Hall–Kier alpha value is -2.67. The standard InChI is InChI=1S/C19H18BrN5O/c1-21-17-13-4-2-3-5-15(13)23-19(25-17)24-16-8-6-11-10-12(20)7-9-14(11)22-18(16)26/h2-5,7,9-10,16H,6,8H2,1H3,(H,22,26)(H2,21,23,24,25). The summed E-state index contributed by atoms with van der Waals surface area (Å²) >= 11 is 3.48. The molecule has 7 heteroatoms. The Morgan fingerprint density at radius 3 is 2.88 bits per heavy atom. The van der Waals surface area contributed by atoms with Gasteiger partial charge in [0, 0.05) is 22.6 Å². The molecule has 0 spiro atoms. The first-order valence-corrected chi connectivity index (χ1v) is 9.24. The second kappa shape index (κ2) is 6.92. The average molecular weight is 412 g/mol. The van der Waals surface area contributed by atoms with Gasteiger partial charge < -0.3 is 16.0 Å². The summed E-state index contributed by atoms with van der Waals surface area (Å²) in [7, 11) is 1.82. The fourth-order valence-electron chi connectivity index (χ4n) is 3.17. The highest BCUT2D eigenvalue weighted by Gasteiger charge is 2.24. The zero-order valence-electron chi connectivity index (χ0n) is 14.2. The first-order chi connectivity index (χ1) is 12.6. The van der Waals surface area contributed by atoms with E-state index >= 15 is 0 Å². The number of carbonyl (C=O) groups is 1. The maximum Gasteiger partial charge on any atom is 0.246 e. The molecular formula is C19H18BrN5O. The molecule has 6 nitrogen and oxygen atoms in total. The molecule has 1 aromatic heterocycles. The summed E-state index contributed by atoms with van der Waals surface area (Å²) in [6.45, 7) is 0. The van der Waals surface area contributed by atoms with Crippen LogP contribution in [0.4, 0.5) is 17.5 Å². The maximum absolute atomic E-state index is 12.6. The van der Waals surface area contributed by atoms with Crippen molar-refractivity contribution >= 4 is 50.2 Å². The number of hydrogen-bond donors (Lipinski definition) is 3. The van der Waals surface area contributed by atoms with E-state index < -0.39 is 6.04 Å². The van der Waals surface area contributed by atoms with E-state index in [0.717, 1.165) is 38.9 Å². The molecule has 0 radical (unpaired) electrons. The smallest absolute Gasteiger partial charge is 0.246 e. The van der Waals surface area contributed by atoms with E-state index in [1.54, 1.807) is 0 Å². The van der Waals surface area contributed by atoms with Crippen molar-refractivity contribution in [1.82, 2.24) is 9.97 Å². The fraction of sp³-hybridized carbons (Fsp3) is 0.211. The predicted molar refractivity (Wildman–Crippen MR) is 108 cm³/mol. The molecule has 2 heterocycles. The average Bonchev–Trinajstić information content (AvgIpc) is 2.80. The molecule has 0 saturated heterocycles. The number of aromatic nitrogens is 2. The summed E-state index contributed by atoms with van der Waals surface area (Å²) in [5.74, 6) is 1.11. The van der Waals surface area contributed by atoms with E-state index in [2.05, 4.69) is 41.8 Å². The van der Waals surface area contributed by atoms with Gasteiger partial charge in [-0.2, -0.15) is 4.98 Å². The van der Waals surface area contributed by atoms with Crippen LogP contribution in [0, 0.1) is 0 Å². The number of para-hydroxylation sites is 1. The second-order valence-corrected chi connectivity index (χ2v) is 7.10. The summed E-state index contributed by atoms with van der Waals surface area (Å²) < 4.78 is 1.01. The molecule has 4 rings (SSSR count). The van der Waals surface area contributed by atoms with Crippen LogP contribution in [0.2, 0.25) is 0 Å². The highest BCUT2D eigenvalue weighted by atomic mass is 79.9. The number of nitrogens with zero attached hydrogens (tertiary/aromatic N) is 2. The van der Waals surface area contributed by atoms with Crippen molar-refractivity contribution in [2.45, 2.75) is 18.9 Å². The van der Waals surface area contributed by atoms with E-state index in [-0.39, 0.29) is 5.91 Å². The third-order valence-electron chi connectivity index (χ3n) is 4.49. The largest absolute Gasteiger partial charge is 0.372 e. The summed E-state index contributed by atoms with van der Waals surface area (Å²) in [5, 5.41) is 10.2. The lowest BCUT2D eigenvalue weighted by atomic mass is 10.1. The minimum absolute atomic E-state index is 0.0751. The molecule has 0 fully saturated rings. The van der Waals surface area contributed by atoms with Gasteiger partial charge in [0.25, 0.3) is 0 Å². The Balaban J connectivity index is 1.61. The van der Waals surface area contributed by atoms with Crippen molar-refractivity contribution in [3.8, 4) is 0 Å². The first-order valence-electron chi connectivity index (χ1n) is 8.44. The van der Waals surface area contributed by atoms with Crippen LogP contribution in [0.25, 0.3) is 10.9 Å². The van der Waals surface area contributed by atoms with Gasteiger partial charge in [-0.15, -0.1) is 0 Å². The number of halogens is 1. The molecule has 0 bridgehead atoms. The van der Waals surface area contributed by atoms with Gasteiger partial charge in [0.05, 0.1) is 5.52 Å². The van der Waals surface area contributed by atoms with Crippen molar-refractivity contribution < 1.29 is 4.79 Å². The van der Waals surface area contributed by atoms with Gasteiger partial charge in [-0.05, 0) is 48.7 Å². The zero-order valence-corrected chi connectivity index (χ0v) is 15.8. The summed E-state index contributed by atoms with van der Waals surface area (Å²) in [6, 6.07) is 13.3. The molecule has 1 unspecified atom stereocenters. The van der Waals surface area contributed by atoms with Gasteiger partial charge in [-0.1, -0.05) is 28.1 Å². The van der Waals surface area contributed by atoms with E-state index in [4.69, 9.17) is 0 Å². The van der Waals surface area contributed by atoms with Gasteiger partial charge in [-0.25, -0.2) is 4.98 Å². The Bertz CT molecular complexity index is 991. The summed E-state index contributed by atoms with van der Waals surface area (Å²) in [4.78, 5) is 21.7. The monoisotopic (exact) mass is 411 g/mol. The molecule has 26 heavy (non-hydrogen) atoms. The van der Waals surface area contributed by atoms with Crippen molar-refractivity contribution in [2.24, 2.45) is 0 Å². The number of benzene rings is 2. The number of anilines is 3. The fourth-order valence-corrected chi connectivity index (χ4v) is 3.58. The molecule has 132 valence electrons. The number of hydrogen-bond acceptors (Lipinski definition) is 5. The number of nitrogens with one attached hydrogen (secondary N) is 3. The van der Waals surface area contributed by atoms with Gasteiger partial charge in [0.15, 0.2) is 0 Å². The maximum atomic E-state index is 12.6. The predicted octanol–water partition coefficient (Wildman–Crippen LogP) is 3.80. The van der Waals surface area contributed by atoms with Crippen LogP contribution in [0.1, 0.15) is 12.0 Å². The number of rotatable bonds is 3. The summed E-state index contributed by atoms with van der Waals surface area (Å²) in [5.41, 5.74) is 2.81. The van der Waals surface area contributed by atoms with Gasteiger partial charge in [-0.3, -0.25) is 4.79 Å². The van der Waals surface area contributed by atoms with Gasteiger partial charge in [0.2, 0.25) is 11.9 Å². The summed E-state index contributed by atoms with van der Waals surface area (Å²) in [6.07, 6.45) is 1.46. The SMILES string of the molecule is CNc1nc(NC2CCc3cc(Br)ccc3NC2=O)nc2ccccc12. The number of fused-ring (bicyclic) bond motifs is 2. The van der Waals surface area contributed by atoms with E-state index in [1.807, 2.05) is 49.5 Å². The van der Waals surface area contributed by atoms with Gasteiger partial charge in [0.1, 0.15) is 11.9 Å².